The molecule has 0 aliphatic heterocycles. The molecule has 39 heavy (non-hydrogen) atoms. The second-order valence-corrected chi connectivity index (χ2v) is 8.88. The summed E-state index contributed by atoms with van der Waals surface area (Å²) in [6.07, 6.45) is -5.37. The molecule has 0 fully saturated rings. The Hall–Kier alpha value is -4.42. The van der Waals surface area contributed by atoms with Crippen molar-refractivity contribution in [2.24, 2.45) is 0 Å². The third-order valence-corrected chi connectivity index (χ3v) is 6.03. The van der Waals surface area contributed by atoms with Gasteiger partial charge < -0.3 is 4.98 Å². The fourth-order valence-electron chi connectivity index (χ4n) is 4.19. The van der Waals surface area contributed by atoms with Crippen LogP contribution in [0.3, 0.4) is 0 Å². The Morgan fingerprint density at radius 2 is 1.62 bits per heavy atom. The first-order chi connectivity index (χ1) is 18.4. The standard InChI is InChI=1S/C26H20F6N6O/c1-2-10-38-23(16-6-8-18(9-7-16)25(27,28)29)36-22-20(24(38)39)34-21(35-22)17-12-33-37(14-17)13-15-4-3-5-19(11-15)26(30,31)32/h3-9,11-12,14H,2,10,13H2,1H3,(H,34,35). The molecule has 3 heterocycles. The van der Waals surface area contributed by atoms with Crippen molar-refractivity contribution in [2.75, 3.05) is 0 Å². The van der Waals surface area contributed by atoms with Crippen LogP contribution in [0.4, 0.5) is 26.3 Å². The minimum absolute atomic E-state index is 0.0721. The second-order valence-electron chi connectivity index (χ2n) is 8.88. The van der Waals surface area contributed by atoms with Crippen LogP contribution in [0.25, 0.3) is 33.9 Å². The molecule has 0 atom stereocenters. The van der Waals surface area contributed by atoms with Gasteiger partial charge in [-0.25, -0.2) is 9.97 Å². The lowest BCUT2D eigenvalue weighted by Crippen LogP contribution is -2.23. The van der Waals surface area contributed by atoms with Crippen molar-refractivity contribution in [3.63, 3.8) is 0 Å². The molecular weight excluding hydrogens is 526 g/mol. The van der Waals surface area contributed by atoms with E-state index >= 15 is 0 Å². The van der Waals surface area contributed by atoms with E-state index in [9.17, 15) is 31.1 Å². The van der Waals surface area contributed by atoms with Gasteiger partial charge in [0, 0.05) is 18.3 Å². The number of fused-ring (bicyclic) bond motifs is 1. The minimum atomic E-state index is -4.50. The number of halogens is 6. The molecule has 0 radical (unpaired) electrons. The Bertz CT molecular complexity index is 1700. The maximum absolute atomic E-state index is 13.3. The highest BCUT2D eigenvalue weighted by Gasteiger charge is 2.31. The molecular formula is C26H20F6N6O. The molecule has 2 aromatic carbocycles. The highest BCUT2D eigenvalue weighted by Crippen LogP contribution is 2.31. The highest BCUT2D eigenvalue weighted by atomic mass is 19.4. The Kier molecular flexibility index (Phi) is 6.52. The Labute approximate surface area is 216 Å². The smallest absolute Gasteiger partial charge is 0.332 e. The first-order valence-corrected chi connectivity index (χ1v) is 11.8. The van der Waals surface area contributed by atoms with E-state index in [1.807, 2.05) is 6.92 Å². The molecule has 7 nitrogen and oxygen atoms in total. The zero-order chi connectivity index (χ0) is 27.9. The van der Waals surface area contributed by atoms with Crippen molar-refractivity contribution in [2.45, 2.75) is 38.8 Å². The molecule has 0 saturated carbocycles. The Balaban J connectivity index is 1.49. The number of aromatic nitrogens is 6. The quantitative estimate of drug-likeness (QED) is 0.259. The summed E-state index contributed by atoms with van der Waals surface area (Å²) in [6.45, 7) is 2.20. The van der Waals surface area contributed by atoms with Crippen LogP contribution in [0, 0.1) is 0 Å². The van der Waals surface area contributed by atoms with E-state index in [0.29, 0.717) is 23.1 Å². The number of aromatic amines is 1. The van der Waals surface area contributed by atoms with Crippen molar-refractivity contribution >= 4 is 11.2 Å². The summed E-state index contributed by atoms with van der Waals surface area (Å²) in [6, 6.07) is 9.29. The Morgan fingerprint density at radius 1 is 0.897 bits per heavy atom. The third-order valence-electron chi connectivity index (χ3n) is 6.03. The van der Waals surface area contributed by atoms with E-state index in [4.69, 9.17) is 0 Å². The number of H-pyrrole nitrogens is 1. The molecule has 0 aliphatic carbocycles. The van der Waals surface area contributed by atoms with Crippen molar-refractivity contribution < 1.29 is 26.3 Å². The van der Waals surface area contributed by atoms with E-state index in [0.717, 1.165) is 24.3 Å². The highest BCUT2D eigenvalue weighted by molar-refractivity contribution is 5.77. The van der Waals surface area contributed by atoms with E-state index in [-0.39, 0.29) is 35.9 Å². The van der Waals surface area contributed by atoms with Crippen LogP contribution in [0.15, 0.2) is 65.7 Å². The van der Waals surface area contributed by atoms with Crippen molar-refractivity contribution in [3.8, 4) is 22.8 Å². The predicted molar refractivity (Wildman–Crippen MR) is 131 cm³/mol. The van der Waals surface area contributed by atoms with Gasteiger partial charge in [0.05, 0.1) is 29.4 Å². The van der Waals surface area contributed by atoms with Crippen LogP contribution in [0.2, 0.25) is 0 Å². The van der Waals surface area contributed by atoms with Gasteiger partial charge in [0.1, 0.15) is 11.6 Å². The maximum atomic E-state index is 13.3. The summed E-state index contributed by atoms with van der Waals surface area (Å²) in [5.74, 6) is 0.443. The van der Waals surface area contributed by atoms with Gasteiger partial charge in [-0.3, -0.25) is 14.0 Å². The van der Waals surface area contributed by atoms with E-state index < -0.39 is 29.0 Å². The van der Waals surface area contributed by atoms with Gasteiger partial charge in [0.15, 0.2) is 11.2 Å². The molecule has 202 valence electrons. The van der Waals surface area contributed by atoms with Gasteiger partial charge in [0.2, 0.25) is 0 Å². The first-order valence-electron chi connectivity index (χ1n) is 11.8. The lowest BCUT2D eigenvalue weighted by atomic mass is 10.1. The number of alkyl halides is 6. The fourth-order valence-corrected chi connectivity index (χ4v) is 4.19. The molecule has 0 spiro atoms. The van der Waals surface area contributed by atoms with Crippen LogP contribution in [0.5, 0.6) is 0 Å². The van der Waals surface area contributed by atoms with Gasteiger partial charge in [-0.1, -0.05) is 31.2 Å². The summed E-state index contributed by atoms with van der Waals surface area (Å²) in [5, 5.41) is 4.19. The molecule has 1 N–H and O–H groups in total. The summed E-state index contributed by atoms with van der Waals surface area (Å²) >= 11 is 0. The van der Waals surface area contributed by atoms with Crippen LogP contribution >= 0.6 is 0 Å². The number of nitrogens with one attached hydrogen (secondary N) is 1. The summed E-state index contributed by atoms with van der Waals surface area (Å²) in [5.41, 5.74) is -0.640. The topological polar surface area (TPSA) is 81.4 Å². The summed E-state index contributed by atoms with van der Waals surface area (Å²) in [7, 11) is 0. The number of hydrogen-bond donors (Lipinski definition) is 1. The average molecular weight is 546 g/mol. The fraction of sp³-hybridized carbons (Fsp3) is 0.231. The number of imidazole rings is 1. The number of nitrogens with zero attached hydrogens (tertiary/aromatic N) is 5. The predicted octanol–water partition coefficient (Wildman–Crippen LogP) is 6.15. The van der Waals surface area contributed by atoms with Crippen molar-refractivity contribution in [3.05, 3.63) is 88.0 Å². The van der Waals surface area contributed by atoms with Gasteiger partial charge >= 0.3 is 12.4 Å². The van der Waals surface area contributed by atoms with Gasteiger partial charge in [-0.15, -0.1) is 0 Å². The molecule has 0 unspecified atom stereocenters. The molecule has 13 heteroatoms. The summed E-state index contributed by atoms with van der Waals surface area (Å²) in [4.78, 5) is 25.1. The van der Waals surface area contributed by atoms with Gasteiger partial charge in [-0.2, -0.15) is 31.4 Å². The van der Waals surface area contributed by atoms with Crippen LogP contribution in [-0.4, -0.2) is 29.3 Å². The average Bonchev–Trinajstić information content (AvgIpc) is 3.52. The van der Waals surface area contributed by atoms with Crippen LogP contribution < -0.4 is 5.56 Å². The molecule has 0 saturated heterocycles. The van der Waals surface area contributed by atoms with Crippen molar-refractivity contribution in [1.29, 1.82) is 0 Å². The first kappa shape index (κ1) is 26.2. The van der Waals surface area contributed by atoms with Gasteiger partial charge in [-0.05, 0) is 36.2 Å². The summed E-state index contributed by atoms with van der Waals surface area (Å²) < 4.78 is 80.9. The van der Waals surface area contributed by atoms with E-state index in [1.165, 1.54) is 33.6 Å². The Morgan fingerprint density at radius 3 is 2.28 bits per heavy atom. The van der Waals surface area contributed by atoms with E-state index in [2.05, 4.69) is 20.1 Å². The zero-order valence-electron chi connectivity index (χ0n) is 20.3. The van der Waals surface area contributed by atoms with Crippen LogP contribution in [0.1, 0.15) is 30.0 Å². The molecule has 5 rings (SSSR count). The third kappa shape index (κ3) is 5.29. The maximum Gasteiger partial charge on any atom is 0.416 e. The van der Waals surface area contributed by atoms with Crippen LogP contribution in [-0.2, 0) is 25.4 Å². The number of benzene rings is 2. The van der Waals surface area contributed by atoms with E-state index in [1.54, 1.807) is 12.3 Å². The lowest BCUT2D eigenvalue weighted by molar-refractivity contribution is -0.138. The molecule has 0 amide bonds. The molecule has 0 aliphatic rings. The zero-order valence-corrected chi connectivity index (χ0v) is 20.3. The normalized spacial score (nSPS) is 12.4. The van der Waals surface area contributed by atoms with Crippen molar-refractivity contribution in [1.82, 2.24) is 29.3 Å². The molecule has 3 aromatic heterocycles. The van der Waals surface area contributed by atoms with Gasteiger partial charge in [0.25, 0.3) is 5.56 Å². The largest absolute Gasteiger partial charge is 0.416 e. The monoisotopic (exact) mass is 546 g/mol. The minimum Gasteiger partial charge on any atom is -0.332 e. The SMILES string of the molecule is CCCn1c(-c2ccc(C(F)(F)F)cc2)nc2nc(-c3cnn(Cc4cccc(C(F)(F)F)c4)c3)[nH]c2c1=O. The second kappa shape index (κ2) is 9.71. The number of rotatable bonds is 6. The lowest BCUT2D eigenvalue weighted by Gasteiger charge is -2.12. The molecule has 5 aromatic rings. The molecule has 0 bridgehead atoms. The number of hydrogen-bond acceptors (Lipinski definition) is 4.